The van der Waals surface area contributed by atoms with Crippen molar-refractivity contribution in [3.8, 4) is 0 Å². The van der Waals surface area contributed by atoms with Gasteiger partial charge in [-0.05, 0) is 17.7 Å². The van der Waals surface area contributed by atoms with Crippen molar-refractivity contribution in [2.45, 2.75) is 13.8 Å². The molecular weight excluding hydrogens is 175 g/mol. The van der Waals surface area contributed by atoms with Crippen molar-refractivity contribution < 1.29 is 4.39 Å². The number of halogens is 2. The van der Waals surface area contributed by atoms with Gasteiger partial charge in [0.05, 0.1) is 5.02 Å². The summed E-state index contributed by atoms with van der Waals surface area (Å²) in [4.78, 5) is 0. The smallest absolute Gasteiger partial charge is 0.141 e. The summed E-state index contributed by atoms with van der Waals surface area (Å²) in [6, 6.07) is 4.47. The third-order valence-corrected chi connectivity index (χ3v) is 1.47. The molecule has 0 spiro atoms. The van der Waals surface area contributed by atoms with E-state index in [2.05, 4.69) is 6.58 Å². The molecule has 0 saturated heterocycles. The van der Waals surface area contributed by atoms with E-state index in [1.807, 2.05) is 13.8 Å². The average molecular weight is 187 g/mol. The molecule has 0 aliphatic rings. The highest BCUT2D eigenvalue weighted by Gasteiger charge is 1.96. The quantitative estimate of drug-likeness (QED) is 0.618. The van der Waals surface area contributed by atoms with E-state index in [1.54, 1.807) is 12.1 Å². The highest BCUT2D eigenvalue weighted by Crippen LogP contribution is 2.16. The van der Waals surface area contributed by atoms with E-state index in [-0.39, 0.29) is 5.02 Å². The van der Waals surface area contributed by atoms with Gasteiger partial charge in [0, 0.05) is 0 Å². The van der Waals surface area contributed by atoms with Gasteiger partial charge in [0.25, 0.3) is 0 Å². The van der Waals surface area contributed by atoms with Gasteiger partial charge in [-0.3, -0.25) is 0 Å². The van der Waals surface area contributed by atoms with E-state index < -0.39 is 5.82 Å². The lowest BCUT2D eigenvalue weighted by Crippen LogP contribution is -1.76. The fourth-order valence-corrected chi connectivity index (χ4v) is 0.828. The summed E-state index contributed by atoms with van der Waals surface area (Å²) in [6.45, 7) is 7.52. The number of hydrogen-bond acceptors (Lipinski definition) is 0. The zero-order chi connectivity index (χ0) is 9.56. The van der Waals surface area contributed by atoms with Crippen LogP contribution in [0.2, 0.25) is 5.02 Å². The Balaban J connectivity index is 0.000000561. The summed E-state index contributed by atoms with van der Waals surface area (Å²) in [5.74, 6) is -0.396. The molecule has 0 saturated carbocycles. The normalized spacial score (nSPS) is 8.33. The van der Waals surface area contributed by atoms with Gasteiger partial charge in [-0.15, -0.1) is 0 Å². The minimum Gasteiger partial charge on any atom is -0.205 e. The molecule has 1 aromatic carbocycles. The molecule has 0 aromatic heterocycles. The van der Waals surface area contributed by atoms with Crippen LogP contribution in [0.3, 0.4) is 0 Å². The number of hydrogen-bond donors (Lipinski definition) is 0. The Bertz CT molecular complexity index is 256. The van der Waals surface area contributed by atoms with Gasteiger partial charge >= 0.3 is 0 Å². The second-order valence-electron chi connectivity index (χ2n) is 1.88. The van der Waals surface area contributed by atoms with Gasteiger partial charge in [0.1, 0.15) is 5.82 Å². The summed E-state index contributed by atoms with van der Waals surface area (Å²) in [5, 5.41) is 0.136. The fraction of sp³-hybridized carbons (Fsp3) is 0.200. The molecule has 2 heteroatoms. The predicted molar refractivity (Wildman–Crippen MR) is 52.8 cm³/mol. The van der Waals surface area contributed by atoms with Gasteiger partial charge in [-0.25, -0.2) is 4.39 Å². The first-order valence-electron chi connectivity index (χ1n) is 3.81. The molecule has 0 aliphatic carbocycles. The van der Waals surface area contributed by atoms with Crippen LogP contribution < -0.4 is 0 Å². The molecule has 0 N–H and O–H groups in total. The van der Waals surface area contributed by atoms with Crippen LogP contribution in [0, 0.1) is 5.82 Å². The molecule has 1 rings (SSSR count). The molecule has 0 aliphatic heterocycles. The molecule has 0 fully saturated rings. The number of rotatable bonds is 1. The maximum absolute atomic E-state index is 12.5. The van der Waals surface area contributed by atoms with E-state index in [9.17, 15) is 4.39 Å². The molecule has 1 aromatic rings. The van der Waals surface area contributed by atoms with E-state index >= 15 is 0 Å². The Morgan fingerprint density at radius 3 is 2.42 bits per heavy atom. The number of benzene rings is 1. The molecule has 0 heterocycles. The van der Waals surface area contributed by atoms with Crippen molar-refractivity contribution >= 4 is 17.7 Å². The first kappa shape index (κ1) is 11.2. The molecule has 0 bridgehead atoms. The first-order valence-corrected chi connectivity index (χ1v) is 4.19. The Hall–Kier alpha value is -0.820. The van der Waals surface area contributed by atoms with Crippen LogP contribution in [0.25, 0.3) is 6.08 Å². The molecule has 0 radical (unpaired) electrons. The maximum Gasteiger partial charge on any atom is 0.141 e. The summed E-state index contributed by atoms with van der Waals surface area (Å²) in [7, 11) is 0. The summed E-state index contributed by atoms with van der Waals surface area (Å²) in [6.07, 6.45) is 1.62. The standard InChI is InChI=1S/C8H6ClF.C2H6/c1-2-6-3-4-8(10)7(9)5-6;1-2/h2-5H,1H2;1-2H3. The van der Waals surface area contributed by atoms with Crippen LogP contribution in [-0.2, 0) is 0 Å². The van der Waals surface area contributed by atoms with Crippen LogP contribution in [-0.4, -0.2) is 0 Å². The van der Waals surface area contributed by atoms with Crippen molar-refractivity contribution in [1.82, 2.24) is 0 Å². The van der Waals surface area contributed by atoms with Crippen LogP contribution in [0.15, 0.2) is 24.8 Å². The van der Waals surface area contributed by atoms with Crippen molar-refractivity contribution in [1.29, 1.82) is 0 Å². The fourth-order valence-electron chi connectivity index (χ4n) is 0.639. The summed E-state index contributed by atoms with van der Waals surface area (Å²) < 4.78 is 12.5. The topological polar surface area (TPSA) is 0 Å². The molecule has 0 nitrogen and oxygen atoms in total. The monoisotopic (exact) mass is 186 g/mol. The third-order valence-electron chi connectivity index (χ3n) is 1.18. The minimum atomic E-state index is -0.396. The zero-order valence-corrected chi connectivity index (χ0v) is 8.03. The largest absolute Gasteiger partial charge is 0.205 e. The molecule has 12 heavy (non-hydrogen) atoms. The van der Waals surface area contributed by atoms with Crippen LogP contribution in [0.4, 0.5) is 4.39 Å². The SMILES string of the molecule is C=Cc1ccc(F)c(Cl)c1.CC. The lowest BCUT2D eigenvalue weighted by Gasteiger charge is -1.94. The zero-order valence-electron chi connectivity index (χ0n) is 7.27. The molecule has 0 amide bonds. The van der Waals surface area contributed by atoms with Gasteiger partial charge in [0.2, 0.25) is 0 Å². The Morgan fingerprint density at radius 2 is 2.00 bits per heavy atom. The molecule has 0 unspecified atom stereocenters. The summed E-state index contributed by atoms with van der Waals surface area (Å²) >= 11 is 5.47. The first-order chi connectivity index (χ1) is 5.74. The van der Waals surface area contributed by atoms with Crippen molar-refractivity contribution in [3.05, 3.63) is 41.2 Å². The van der Waals surface area contributed by atoms with E-state index in [4.69, 9.17) is 11.6 Å². The van der Waals surface area contributed by atoms with Gasteiger partial charge in [-0.1, -0.05) is 44.2 Å². The van der Waals surface area contributed by atoms with Gasteiger partial charge < -0.3 is 0 Å². The van der Waals surface area contributed by atoms with E-state index in [1.165, 1.54) is 12.1 Å². The Kier molecular flexibility index (Phi) is 5.39. The second-order valence-corrected chi connectivity index (χ2v) is 2.28. The van der Waals surface area contributed by atoms with Crippen LogP contribution in [0.1, 0.15) is 19.4 Å². The van der Waals surface area contributed by atoms with Gasteiger partial charge in [-0.2, -0.15) is 0 Å². The van der Waals surface area contributed by atoms with Crippen LogP contribution >= 0.6 is 11.6 Å². The highest BCUT2D eigenvalue weighted by molar-refractivity contribution is 6.30. The predicted octanol–water partition coefficient (Wildman–Crippen LogP) is 4.15. The molecule has 0 atom stereocenters. The molecular formula is C10H12ClF. The van der Waals surface area contributed by atoms with Crippen molar-refractivity contribution in [2.75, 3.05) is 0 Å². The third kappa shape index (κ3) is 3.05. The van der Waals surface area contributed by atoms with E-state index in [0.717, 1.165) is 5.56 Å². The Morgan fingerprint density at radius 1 is 1.42 bits per heavy atom. The van der Waals surface area contributed by atoms with Gasteiger partial charge in [0.15, 0.2) is 0 Å². The molecule has 66 valence electrons. The lowest BCUT2D eigenvalue weighted by atomic mass is 10.2. The minimum absolute atomic E-state index is 0.136. The van der Waals surface area contributed by atoms with Crippen LogP contribution in [0.5, 0.6) is 0 Å². The summed E-state index contributed by atoms with van der Waals surface area (Å²) in [5.41, 5.74) is 0.825. The Labute approximate surface area is 77.7 Å². The van der Waals surface area contributed by atoms with Crippen molar-refractivity contribution in [2.24, 2.45) is 0 Å². The maximum atomic E-state index is 12.5. The van der Waals surface area contributed by atoms with E-state index in [0.29, 0.717) is 0 Å². The highest BCUT2D eigenvalue weighted by atomic mass is 35.5. The lowest BCUT2D eigenvalue weighted by molar-refractivity contribution is 0.628. The average Bonchev–Trinajstić information content (AvgIpc) is 2.13. The second kappa shape index (κ2) is 5.78. The van der Waals surface area contributed by atoms with Crippen molar-refractivity contribution in [3.63, 3.8) is 0 Å².